The van der Waals surface area contributed by atoms with E-state index >= 15 is 0 Å². The van der Waals surface area contributed by atoms with Crippen molar-refractivity contribution in [2.75, 3.05) is 5.43 Å². The molecule has 0 saturated carbocycles. The Kier molecular flexibility index (Phi) is 4.26. The standard InChI is InChI=1S/C12H20N6S/c1-7(2)8(3)19-6-10-15-11(17-13)9-5-14-18(4)12(9)16-10/h5,7-8H,6,13H2,1-4H3,(H,15,16,17). The summed E-state index contributed by atoms with van der Waals surface area (Å²) >= 11 is 1.85. The van der Waals surface area contributed by atoms with Crippen LogP contribution in [-0.2, 0) is 12.8 Å². The number of hydrazine groups is 1. The van der Waals surface area contributed by atoms with Crippen LogP contribution in [0.5, 0.6) is 0 Å². The Morgan fingerprint density at radius 1 is 1.37 bits per heavy atom. The third-order valence-corrected chi connectivity index (χ3v) is 4.68. The second kappa shape index (κ2) is 5.75. The van der Waals surface area contributed by atoms with E-state index in [9.17, 15) is 0 Å². The molecule has 6 nitrogen and oxygen atoms in total. The normalized spacial score (nSPS) is 13.2. The molecular weight excluding hydrogens is 260 g/mol. The molecule has 0 fully saturated rings. The van der Waals surface area contributed by atoms with Gasteiger partial charge in [0.1, 0.15) is 5.82 Å². The summed E-state index contributed by atoms with van der Waals surface area (Å²) in [7, 11) is 1.86. The highest BCUT2D eigenvalue weighted by molar-refractivity contribution is 7.99. The third-order valence-electron chi connectivity index (χ3n) is 3.19. The van der Waals surface area contributed by atoms with Crippen molar-refractivity contribution in [3.8, 4) is 0 Å². The van der Waals surface area contributed by atoms with Gasteiger partial charge >= 0.3 is 0 Å². The fourth-order valence-corrected chi connectivity index (χ4v) is 2.57. The van der Waals surface area contributed by atoms with Crippen LogP contribution in [0.2, 0.25) is 0 Å². The summed E-state index contributed by atoms with van der Waals surface area (Å²) < 4.78 is 1.73. The number of fused-ring (bicyclic) bond motifs is 1. The first-order chi connectivity index (χ1) is 9.02. The molecule has 1 unspecified atom stereocenters. The molecule has 7 heteroatoms. The van der Waals surface area contributed by atoms with Crippen LogP contribution in [-0.4, -0.2) is 25.0 Å². The summed E-state index contributed by atoms with van der Waals surface area (Å²) in [5.74, 6) is 8.33. The lowest BCUT2D eigenvalue weighted by molar-refractivity contribution is 0.642. The molecule has 2 aromatic rings. The average Bonchev–Trinajstić information content (AvgIpc) is 2.77. The highest BCUT2D eigenvalue weighted by atomic mass is 32.2. The van der Waals surface area contributed by atoms with Crippen LogP contribution in [0, 0.1) is 5.92 Å². The molecule has 19 heavy (non-hydrogen) atoms. The first-order valence-corrected chi connectivity index (χ1v) is 7.34. The van der Waals surface area contributed by atoms with Crippen molar-refractivity contribution < 1.29 is 0 Å². The van der Waals surface area contributed by atoms with Crippen molar-refractivity contribution in [2.24, 2.45) is 18.8 Å². The third kappa shape index (κ3) is 2.98. The fraction of sp³-hybridized carbons (Fsp3) is 0.583. The second-order valence-corrected chi connectivity index (χ2v) is 6.26. The molecule has 0 radical (unpaired) electrons. The quantitative estimate of drug-likeness (QED) is 0.643. The Bertz CT molecular complexity index is 565. The molecule has 0 aromatic carbocycles. The Hall–Kier alpha value is -1.34. The lowest BCUT2D eigenvalue weighted by Gasteiger charge is -2.14. The first kappa shape index (κ1) is 14.1. The van der Waals surface area contributed by atoms with Gasteiger partial charge in [0.15, 0.2) is 11.5 Å². The molecule has 0 bridgehead atoms. The van der Waals surface area contributed by atoms with Gasteiger partial charge in [0.05, 0.1) is 17.3 Å². The van der Waals surface area contributed by atoms with Crippen LogP contribution >= 0.6 is 11.8 Å². The number of rotatable bonds is 5. The molecule has 0 saturated heterocycles. The minimum absolute atomic E-state index is 0.570. The summed E-state index contributed by atoms with van der Waals surface area (Å²) in [5, 5.41) is 5.59. The molecule has 2 rings (SSSR count). The van der Waals surface area contributed by atoms with Crippen molar-refractivity contribution in [3.63, 3.8) is 0 Å². The minimum atomic E-state index is 0.570. The van der Waals surface area contributed by atoms with Gasteiger partial charge in [-0.25, -0.2) is 15.8 Å². The maximum atomic E-state index is 5.51. The Morgan fingerprint density at radius 2 is 2.11 bits per heavy atom. The molecule has 0 amide bonds. The number of nitrogens with two attached hydrogens (primary N) is 1. The summed E-state index contributed by atoms with van der Waals surface area (Å²) in [5.41, 5.74) is 3.42. The number of aromatic nitrogens is 4. The van der Waals surface area contributed by atoms with Crippen molar-refractivity contribution in [1.82, 2.24) is 19.7 Å². The number of anilines is 1. The summed E-state index contributed by atoms with van der Waals surface area (Å²) in [6.07, 6.45) is 1.72. The van der Waals surface area contributed by atoms with E-state index in [1.807, 2.05) is 18.8 Å². The van der Waals surface area contributed by atoms with Crippen molar-refractivity contribution >= 4 is 28.6 Å². The molecule has 2 aromatic heterocycles. The molecule has 3 N–H and O–H groups in total. The van der Waals surface area contributed by atoms with Gasteiger partial charge in [-0.1, -0.05) is 20.8 Å². The van der Waals surface area contributed by atoms with Gasteiger partial charge in [-0.05, 0) is 5.92 Å². The van der Waals surface area contributed by atoms with E-state index < -0.39 is 0 Å². The number of hydrogen-bond acceptors (Lipinski definition) is 6. The highest BCUT2D eigenvalue weighted by Crippen LogP contribution is 2.24. The van der Waals surface area contributed by atoms with Crippen LogP contribution in [0.4, 0.5) is 5.82 Å². The van der Waals surface area contributed by atoms with E-state index in [2.05, 4.69) is 41.3 Å². The average molecular weight is 280 g/mol. The number of nitrogens with one attached hydrogen (secondary N) is 1. The predicted octanol–water partition coefficient (Wildman–Crippen LogP) is 1.93. The van der Waals surface area contributed by atoms with Crippen LogP contribution < -0.4 is 11.3 Å². The van der Waals surface area contributed by atoms with Crippen molar-refractivity contribution in [3.05, 3.63) is 12.0 Å². The lowest BCUT2D eigenvalue weighted by atomic mass is 10.2. The zero-order chi connectivity index (χ0) is 14.0. The molecule has 0 aliphatic carbocycles. The molecule has 0 aliphatic heterocycles. The highest BCUT2D eigenvalue weighted by Gasteiger charge is 2.13. The van der Waals surface area contributed by atoms with Crippen molar-refractivity contribution in [1.29, 1.82) is 0 Å². The maximum absolute atomic E-state index is 5.51. The largest absolute Gasteiger partial charge is 0.308 e. The number of thioether (sulfide) groups is 1. The monoisotopic (exact) mass is 280 g/mol. The van der Waals surface area contributed by atoms with Gasteiger partial charge in [-0.15, -0.1) is 0 Å². The van der Waals surface area contributed by atoms with E-state index in [1.165, 1.54) is 0 Å². The van der Waals surface area contributed by atoms with E-state index in [0.29, 0.717) is 17.0 Å². The summed E-state index contributed by atoms with van der Waals surface area (Å²) in [4.78, 5) is 8.99. The van der Waals surface area contributed by atoms with Gasteiger partial charge < -0.3 is 5.43 Å². The summed E-state index contributed by atoms with van der Waals surface area (Å²) in [6.45, 7) is 6.66. The van der Waals surface area contributed by atoms with Gasteiger partial charge in [0.25, 0.3) is 0 Å². The predicted molar refractivity (Wildman–Crippen MR) is 79.7 cm³/mol. The zero-order valence-corrected chi connectivity index (χ0v) is 12.5. The molecular formula is C12H20N6S. The Morgan fingerprint density at radius 3 is 2.74 bits per heavy atom. The molecule has 0 aliphatic rings. The SMILES string of the molecule is CC(C)C(C)SCc1nc(NN)c2cnn(C)c2n1. The molecule has 1 atom stereocenters. The van der Waals surface area contributed by atoms with Crippen LogP contribution in [0.15, 0.2) is 6.20 Å². The van der Waals surface area contributed by atoms with Crippen molar-refractivity contribution in [2.45, 2.75) is 31.8 Å². The van der Waals surface area contributed by atoms with Crippen LogP contribution in [0.1, 0.15) is 26.6 Å². The minimum Gasteiger partial charge on any atom is -0.308 e. The Labute approximate surface area is 117 Å². The number of aryl methyl sites for hydroxylation is 1. The van der Waals surface area contributed by atoms with E-state index in [0.717, 1.165) is 22.6 Å². The second-order valence-electron chi connectivity index (χ2n) is 4.90. The first-order valence-electron chi connectivity index (χ1n) is 6.29. The number of nitrogens with zero attached hydrogens (tertiary/aromatic N) is 4. The van der Waals surface area contributed by atoms with E-state index in [-0.39, 0.29) is 0 Å². The van der Waals surface area contributed by atoms with Gasteiger partial charge in [0.2, 0.25) is 0 Å². The maximum Gasteiger partial charge on any atom is 0.163 e. The van der Waals surface area contributed by atoms with Crippen LogP contribution in [0.3, 0.4) is 0 Å². The molecule has 2 heterocycles. The van der Waals surface area contributed by atoms with Crippen LogP contribution in [0.25, 0.3) is 11.0 Å². The molecule has 0 spiro atoms. The zero-order valence-electron chi connectivity index (χ0n) is 11.7. The van der Waals surface area contributed by atoms with Gasteiger partial charge in [0, 0.05) is 12.3 Å². The Balaban J connectivity index is 2.26. The number of nitrogen functional groups attached to an aromatic ring is 1. The van der Waals surface area contributed by atoms with Gasteiger partial charge in [-0.2, -0.15) is 16.9 Å². The van der Waals surface area contributed by atoms with E-state index in [1.54, 1.807) is 10.9 Å². The lowest BCUT2D eigenvalue weighted by Crippen LogP contribution is -2.12. The number of hydrogen-bond donors (Lipinski definition) is 2. The topological polar surface area (TPSA) is 81.6 Å². The van der Waals surface area contributed by atoms with Gasteiger partial charge in [-0.3, -0.25) is 4.68 Å². The summed E-state index contributed by atoms with van der Waals surface area (Å²) in [6, 6.07) is 0. The van der Waals surface area contributed by atoms with E-state index in [4.69, 9.17) is 5.84 Å². The molecule has 104 valence electrons. The smallest absolute Gasteiger partial charge is 0.163 e. The fourth-order valence-electron chi connectivity index (χ4n) is 1.64.